The molecule has 0 radical (unpaired) electrons. The first-order valence-electron chi connectivity index (χ1n) is 7.03. The Morgan fingerprint density at radius 3 is 2.38 bits per heavy atom. The Bertz CT molecular complexity index is 729. The van der Waals surface area contributed by atoms with Crippen LogP contribution < -0.4 is 4.74 Å². The predicted molar refractivity (Wildman–Crippen MR) is 78.5 cm³/mol. The van der Waals surface area contributed by atoms with Crippen LogP contribution in [0.1, 0.15) is 17.4 Å². The number of aromatic carboxylic acids is 1. The van der Waals surface area contributed by atoms with Gasteiger partial charge < -0.3 is 14.6 Å². The van der Waals surface area contributed by atoms with E-state index in [4.69, 9.17) is 14.6 Å². The first-order chi connectivity index (χ1) is 11.4. The molecule has 0 saturated heterocycles. The number of nitrogens with zero attached hydrogens (tertiary/aromatic N) is 1. The summed E-state index contributed by atoms with van der Waals surface area (Å²) in [5.74, 6) is -4.80. The van der Waals surface area contributed by atoms with Gasteiger partial charge in [-0.2, -0.15) is 0 Å². The van der Waals surface area contributed by atoms with Crippen molar-refractivity contribution in [2.45, 2.75) is 6.92 Å². The molecule has 24 heavy (non-hydrogen) atoms. The van der Waals surface area contributed by atoms with E-state index in [0.29, 0.717) is 6.61 Å². The number of carboxylic acids is 1. The molecule has 0 atom stereocenters. The third-order valence-electron chi connectivity index (χ3n) is 3.02. The fourth-order valence-corrected chi connectivity index (χ4v) is 1.96. The van der Waals surface area contributed by atoms with E-state index in [0.717, 1.165) is 24.3 Å². The van der Waals surface area contributed by atoms with Crippen molar-refractivity contribution in [3.8, 4) is 17.0 Å². The molecule has 8 heteroatoms. The molecule has 0 amide bonds. The summed E-state index contributed by atoms with van der Waals surface area (Å²) in [7, 11) is 0. The molecule has 0 fully saturated rings. The standard InChI is InChI=1S/C16H14F3NO4/c1-2-23-5-6-24-9-7-11(18)14(12(19)8-9)15-10(17)3-4-13(20-15)16(21)22/h3-4,7-8H,2,5-6H2,1H3,(H,21,22). The van der Waals surface area contributed by atoms with Gasteiger partial charge in [-0.1, -0.05) is 0 Å². The molecule has 0 spiro atoms. The molecule has 0 unspecified atom stereocenters. The van der Waals surface area contributed by atoms with Crippen LogP contribution in [0.25, 0.3) is 11.3 Å². The number of ether oxygens (including phenoxy) is 2. The second-order valence-corrected chi connectivity index (χ2v) is 4.64. The van der Waals surface area contributed by atoms with Crippen molar-refractivity contribution in [1.82, 2.24) is 4.98 Å². The Hall–Kier alpha value is -2.61. The van der Waals surface area contributed by atoms with Crippen molar-refractivity contribution in [3.63, 3.8) is 0 Å². The van der Waals surface area contributed by atoms with E-state index in [1.165, 1.54) is 0 Å². The summed E-state index contributed by atoms with van der Waals surface area (Å²) < 4.78 is 52.4. The third-order valence-corrected chi connectivity index (χ3v) is 3.02. The van der Waals surface area contributed by atoms with E-state index in [2.05, 4.69) is 4.98 Å². The lowest BCUT2D eigenvalue weighted by Crippen LogP contribution is -2.08. The van der Waals surface area contributed by atoms with Gasteiger partial charge in [0.25, 0.3) is 0 Å². The molecule has 0 aliphatic heterocycles. The van der Waals surface area contributed by atoms with Crippen molar-refractivity contribution in [2.24, 2.45) is 0 Å². The highest BCUT2D eigenvalue weighted by atomic mass is 19.1. The highest BCUT2D eigenvalue weighted by Gasteiger charge is 2.20. The maximum absolute atomic E-state index is 14.2. The zero-order chi connectivity index (χ0) is 17.7. The summed E-state index contributed by atoms with van der Waals surface area (Å²) in [6, 6.07) is 3.44. The van der Waals surface area contributed by atoms with E-state index in [1.807, 2.05) is 0 Å². The summed E-state index contributed by atoms with van der Waals surface area (Å²) in [4.78, 5) is 14.4. The summed E-state index contributed by atoms with van der Waals surface area (Å²) in [5, 5.41) is 8.87. The van der Waals surface area contributed by atoms with Crippen LogP contribution in [0.4, 0.5) is 13.2 Å². The summed E-state index contributed by atoms with van der Waals surface area (Å²) in [6.45, 7) is 2.61. The highest BCUT2D eigenvalue weighted by molar-refractivity contribution is 5.86. The zero-order valence-electron chi connectivity index (χ0n) is 12.7. The Morgan fingerprint density at radius 2 is 1.79 bits per heavy atom. The lowest BCUT2D eigenvalue weighted by Gasteiger charge is -2.10. The highest BCUT2D eigenvalue weighted by Crippen LogP contribution is 2.30. The average molecular weight is 341 g/mol. The molecule has 1 aromatic carbocycles. The topological polar surface area (TPSA) is 68.7 Å². The molecular formula is C16H14F3NO4. The second kappa shape index (κ2) is 7.78. The second-order valence-electron chi connectivity index (χ2n) is 4.64. The Labute approximate surface area is 135 Å². The Balaban J connectivity index is 2.35. The van der Waals surface area contributed by atoms with Gasteiger partial charge in [0.1, 0.15) is 41.2 Å². The van der Waals surface area contributed by atoms with Gasteiger partial charge in [-0.3, -0.25) is 0 Å². The maximum Gasteiger partial charge on any atom is 0.354 e. The van der Waals surface area contributed by atoms with Gasteiger partial charge in [-0.15, -0.1) is 0 Å². The molecule has 1 heterocycles. The van der Waals surface area contributed by atoms with Gasteiger partial charge in [0.2, 0.25) is 0 Å². The fraction of sp³-hybridized carbons (Fsp3) is 0.250. The van der Waals surface area contributed by atoms with E-state index >= 15 is 0 Å². The number of carboxylic acid groups (broad SMARTS) is 1. The molecular weight excluding hydrogens is 327 g/mol. The number of aromatic nitrogens is 1. The van der Waals surface area contributed by atoms with Gasteiger partial charge >= 0.3 is 5.97 Å². The van der Waals surface area contributed by atoms with E-state index in [-0.39, 0.29) is 19.0 Å². The average Bonchev–Trinajstić information content (AvgIpc) is 2.52. The van der Waals surface area contributed by atoms with Crippen LogP contribution in [0.5, 0.6) is 5.75 Å². The lowest BCUT2D eigenvalue weighted by molar-refractivity contribution is 0.0690. The van der Waals surface area contributed by atoms with Crippen molar-refractivity contribution < 1.29 is 32.5 Å². The van der Waals surface area contributed by atoms with E-state index in [1.54, 1.807) is 6.92 Å². The molecule has 128 valence electrons. The summed E-state index contributed by atoms with van der Waals surface area (Å²) in [6.07, 6.45) is 0. The third kappa shape index (κ3) is 4.02. The zero-order valence-corrected chi connectivity index (χ0v) is 12.7. The van der Waals surface area contributed by atoms with Crippen molar-refractivity contribution >= 4 is 5.97 Å². The number of hydrogen-bond donors (Lipinski definition) is 1. The number of benzene rings is 1. The number of rotatable bonds is 7. The number of hydrogen-bond acceptors (Lipinski definition) is 4. The van der Waals surface area contributed by atoms with Gasteiger partial charge in [0, 0.05) is 18.7 Å². The van der Waals surface area contributed by atoms with Crippen LogP contribution in [0.2, 0.25) is 0 Å². The van der Waals surface area contributed by atoms with Crippen LogP contribution in [-0.4, -0.2) is 35.9 Å². The van der Waals surface area contributed by atoms with Crippen LogP contribution in [0, 0.1) is 17.5 Å². The smallest absolute Gasteiger partial charge is 0.354 e. The van der Waals surface area contributed by atoms with Crippen molar-refractivity contribution in [2.75, 3.05) is 19.8 Å². The number of pyridine rings is 1. The number of halogens is 3. The largest absolute Gasteiger partial charge is 0.491 e. The molecule has 1 N–H and O–H groups in total. The molecule has 0 aliphatic rings. The molecule has 0 aliphatic carbocycles. The monoisotopic (exact) mass is 341 g/mol. The van der Waals surface area contributed by atoms with Gasteiger partial charge in [0.05, 0.1) is 12.2 Å². The molecule has 1 aromatic heterocycles. The van der Waals surface area contributed by atoms with Crippen LogP contribution in [-0.2, 0) is 4.74 Å². The summed E-state index contributed by atoms with van der Waals surface area (Å²) >= 11 is 0. The molecule has 2 aromatic rings. The molecule has 0 saturated carbocycles. The van der Waals surface area contributed by atoms with Gasteiger partial charge in [-0.25, -0.2) is 22.9 Å². The van der Waals surface area contributed by atoms with Crippen LogP contribution in [0.3, 0.4) is 0 Å². The minimum absolute atomic E-state index is 0.0905. The van der Waals surface area contributed by atoms with Gasteiger partial charge in [-0.05, 0) is 19.1 Å². The number of carbonyl (C=O) groups is 1. The predicted octanol–water partition coefficient (Wildman–Crippen LogP) is 3.28. The minimum atomic E-state index is -1.44. The maximum atomic E-state index is 14.2. The molecule has 5 nitrogen and oxygen atoms in total. The van der Waals surface area contributed by atoms with Crippen molar-refractivity contribution in [1.29, 1.82) is 0 Å². The minimum Gasteiger partial charge on any atom is -0.491 e. The lowest BCUT2D eigenvalue weighted by atomic mass is 10.1. The normalized spacial score (nSPS) is 10.7. The first-order valence-corrected chi connectivity index (χ1v) is 7.03. The van der Waals surface area contributed by atoms with Crippen molar-refractivity contribution in [3.05, 3.63) is 47.4 Å². The SMILES string of the molecule is CCOCCOc1cc(F)c(-c2nc(C(=O)O)ccc2F)c(F)c1. The Morgan fingerprint density at radius 1 is 1.12 bits per heavy atom. The van der Waals surface area contributed by atoms with Crippen LogP contribution >= 0.6 is 0 Å². The molecule has 2 rings (SSSR count). The van der Waals surface area contributed by atoms with E-state index in [9.17, 15) is 18.0 Å². The van der Waals surface area contributed by atoms with Gasteiger partial charge in [0.15, 0.2) is 0 Å². The van der Waals surface area contributed by atoms with E-state index < -0.39 is 40.4 Å². The summed E-state index contributed by atoms with van der Waals surface area (Å²) in [5.41, 5.74) is -2.00. The van der Waals surface area contributed by atoms with Crippen LogP contribution in [0.15, 0.2) is 24.3 Å². The quantitative estimate of drug-likeness (QED) is 0.783. The Kier molecular flexibility index (Phi) is 5.75. The fourth-order valence-electron chi connectivity index (χ4n) is 1.96. The molecule has 0 bridgehead atoms. The first kappa shape index (κ1) is 17.7.